The van der Waals surface area contributed by atoms with Crippen LogP contribution in [0.3, 0.4) is 0 Å². The zero-order valence-corrected chi connectivity index (χ0v) is 11.1. The number of fused-ring (bicyclic) bond motifs is 1. The minimum absolute atomic E-state index is 0.612. The Bertz CT molecular complexity index is 396. The van der Waals surface area contributed by atoms with Gasteiger partial charge in [-0.15, -0.1) is 0 Å². The Kier molecular flexibility index (Phi) is 3.67. The van der Waals surface area contributed by atoms with Crippen LogP contribution in [0, 0.1) is 5.92 Å². The number of nitrogens with zero attached hydrogens (tertiary/aromatic N) is 1. The van der Waals surface area contributed by atoms with E-state index in [-0.39, 0.29) is 0 Å². The molecule has 2 heteroatoms. The van der Waals surface area contributed by atoms with Gasteiger partial charge in [-0.1, -0.05) is 37.1 Å². The van der Waals surface area contributed by atoms with E-state index in [2.05, 4.69) is 29.2 Å². The summed E-state index contributed by atoms with van der Waals surface area (Å²) >= 11 is 0. The summed E-state index contributed by atoms with van der Waals surface area (Å²) in [5, 5.41) is 0. The van der Waals surface area contributed by atoms with E-state index in [4.69, 9.17) is 5.73 Å². The Morgan fingerprint density at radius 3 is 2.61 bits per heavy atom. The Labute approximate surface area is 110 Å². The molecule has 0 radical (unpaired) electrons. The molecule has 98 valence electrons. The first-order chi connectivity index (χ1) is 8.88. The van der Waals surface area contributed by atoms with Crippen molar-refractivity contribution in [3.8, 4) is 0 Å². The van der Waals surface area contributed by atoms with Crippen molar-refractivity contribution in [3.05, 3.63) is 35.4 Å². The van der Waals surface area contributed by atoms with Gasteiger partial charge in [0.15, 0.2) is 0 Å². The molecule has 0 saturated heterocycles. The first kappa shape index (κ1) is 12.2. The van der Waals surface area contributed by atoms with Crippen LogP contribution in [0.4, 0.5) is 0 Å². The summed E-state index contributed by atoms with van der Waals surface area (Å²) in [6, 6.07) is 9.49. The second-order valence-corrected chi connectivity index (χ2v) is 5.84. The lowest BCUT2D eigenvalue weighted by Gasteiger charge is -2.38. The molecule has 1 aliphatic carbocycles. The third kappa shape index (κ3) is 2.32. The summed E-state index contributed by atoms with van der Waals surface area (Å²) in [5.74, 6) is 0.847. The number of rotatable bonds is 3. The van der Waals surface area contributed by atoms with Gasteiger partial charge in [-0.05, 0) is 36.3 Å². The van der Waals surface area contributed by atoms with Crippen LogP contribution in [0.1, 0.15) is 36.8 Å². The molecular weight excluding hydrogens is 220 g/mol. The molecule has 1 aromatic rings. The van der Waals surface area contributed by atoms with Crippen LogP contribution in [0.25, 0.3) is 0 Å². The second-order valence-electron chi connectivity index (χ2n) is 5.84. The third-order valence-electron chi connectivity index (χ3n) is 4.81. The molecule has 1 fully saturated rings. The van der Waals surface area contributed by atoms with E-state index in [0.717, 1.165) is 19.0 Å². The van der Waals surface area contributed by atoms with Gasteiger partial charge in [-0.25, -0.2) is 0 Å². The maximum atomic E-state index is 6.06. The zero-order chi connectivity index (χ0) is 12.4. The van der Waals surface area contributed by atoms with Gasteiger partial charge >= 0.3 is 0 Å². The van der Waals surface area contributed by atoms with Crippen molar-refractivity contribution >= 4 is 0 Å². The molecule has 1 saturated carbocycles. The largest absolute Gasteiger partial charge is 0.329 e. The highest BCUT2D eigenvalue weighted by molar-refractivity contribution is 5.29. The smallest absolute Gasteiger partial charge is 0.0250 e. The maximum Gasteiger partial charge on any atom is 0.0250 e. The van der Waals surface area contributed by atoms with E-state index in [1.165, 1.54) is 49.8 Å². The van der Waals surface area contributed by atoms with Crippen LogP contribution in [0.2, 0.25) is 0 Å². The minimum atomic E-state index is 0.612. The zero-order valence-electron chi connectivity index (χ0n) is 11.1. The molecule has 1 heterocycles. The summed E-state index contributed by atoms with van der Waals surface area (Å²) in [7, 11) is 0. The van der Waals surface area contributed by atoms with Gasteiger partial charge < -0.3 is 5.73 Å². The van der Waals surface area contributed by atoms with Crippen molar-refractivity contribution in [3.63, 3.8) is 0 Å². The van der Waals surface area contributed by atoms with Gasteiger partial charge in [0.05, 0.1) is 0 Å². The van der Waals surface area contributed by atoms with Crippen LogP contribution in [0.5, 0.6) is 0 Å². The van der Waals surface area contributed by atoms with Gasteiger partial charge in [0.2, 0.25) is 0 Å². The van der Waals surface area contributed by atoms with Gasteiger partial charge in [0, 0.05) is 25.7 Å². The van der Waals surface area contributed by atoms with Crippen molar-refractivity contribution in [1.82, 2.24) is 4.90 Å². The molecule has 0 amide bonds. The Hall–Kier alpha value is -0.860. The van der Waals surface area contributed by atoms with E-state index in [1.54, 1.807) is 0 Å². The fourth-order valence-corrected chi connectivity index (χ4v) is 3.78. The molecule has 2 aliphatic rings. The quantitative estimate of drug-likeness (QED) is 0.885. The number of hydrogen-bond acceptors (Lipinski definition) is 2. The Morgan fingerprint density at radius 1 is 1.17 bits per heavy atom. The first-order valence-corrected chi connectivity index (χ1v) is 7.39. The molecule has 2 N–H and O–H groups in total. The summed E-state index contributed by atoms with van der Waals surface area (Å²) in [6.45, 7) is 3.12. The van der Waals surface area contributed by atoms with E-state index >= 15 is 0 Å². The van der Waals surface area contributed by atoms with E-state index in [9.17, 15) is 0 Å². The average molecular weight is 244 g/mol. The SMILES string of the molecule is NCC(C1CCCC1)N1CCc2ccccc2C1. The van der Waals surface area contributed by atoms with Crippen LogP contribution in [-0.2, 0) is 13.0 Å². The third-order valence-corrected chi connectivity index (χ3v) is 4.81. The van der Waals surface area contributed by atoms with E-state index in [1.807, 2.05) is 0 Å². The second kappa shape index (κ2) is 5.41. The molecule has 18 heavy (non-hydrogen) atoms. The van der Waals surface area contributed by atoms with Gasteiger partial charge in [0.25, 0.3) is 0 Å². The summed E-state index contributed by atoms with van der Waals surface area (Å²) in [6.07, 6.45) is 6.79. The normalized spacial score (nSPS) is 22.9. The molecule has 0 bridgehead atoms. The molecule has 1 aromatic carbocycles. The van der Waals surface area contributed by atoms with Crippen LogP contribution >= 0.6 is 0 Å². The first-order valence-electron chi connectivity index (χ1n) is 7.39. The number of hydrogen-bond donors (Lipinski definition) is 1. The summed E-state index contributed by atoms with van der Waals surface area (Å²) in [4.78, 5) is 2.64. The molecule has 3 rings (SSSR count). The highest BCUT2D eigenvalue weighted by Crippen LogP contribution is 2.32. The predicted molar refractivity (Wildman–Crippen MR) is 75.4 cm³/mol. The fraction of sp³-hybridized carbons (Fsp3) is 0.625. The minimum Gasteiger partial charge on any atom is -0.329 e. The molecule has 1 atom stereocenters. The predicted octanol–water partition coefficient (Wildman–Crippen LogP) is 2.56. The lowest BCUT2D eigenvalue weighted by atomic mass is 9.92. The van der Waals surface area contributed by atoms with Gasteiger partial charge in [-0.2, -0.15) is 0 Å². The molecule has 0 aromatic heterocycles. The fourth-order valence-electron chi connectivity index (χ4n) is 3.78. The molecule has 1 unspecified atom stereocenters. The summed E-state index contributed by atoms with van der Waals surface area (Å²) < 4.78 is 0. The lowest BCUT2D eigenvalue weighted by Crippen LogP contribution is -2.47. The summed E-state index contributed by atoms with van der Waals surface area (Å²) in [5.41, 5.74) is 9.11. The topological polar surface area (TPSA) is 29.3 Å². The lowest BCUT2D eigenvalue weighted by molar-refractivity contribution is 0.132. The van der Waals surface area contributed by atoms with Gasteiger partial charge in [0.1, 0.15) is 0 Å². The highest BCUT2D eigenvalue weighted by atomic mass is 15.2. The standard InChI is InChI=1S/C16H24N2/c17-11-16(14-6-2-3-7-14)18-10-9-13-5-1-4-8-15(13)12-18/h1,4-5,8,14,16H,2-3,6-7,9-12,17H2. The van der Waals surface area contributed by atoms with Crippen LogP contribution in [-0.4, -0.2) is 24.0 Å². The highest BCUT2D eigenvalue weighted by Gasteiger charge is 2.30. The van der Waals surface area contributed by atoms with Crippen molar-refractivity contribution < 1.29 is 0 Å². The molecule has 1 aliphatic heterocycles. The average Bonchev–Trinajstić information content (AvgIpc) is 2.93. The Morgan fingerprint density at radius 2 is 1.89 bits per heavy atom. The van der Waals surface area contributed by atoms with Crippen molar-refractivity contribution in [2.75, 3.05) is 13.1 Å². The number of benzene rings is 1. The van der Waals surface area contributed by atoms with Crippen LogP contribution < -0.4 is 5.73 Å². The molecule has 0 spiro atoms. The van der Waals surface area contributed by atoms with Gasteiger partial charge in [-0.3, -0.25) is 4.90 Å². The monoisotopic (exact) mass is 244 g/mol. The van der Waals surface area contributed by atoms with Crippen molar-refractivity contribution in [2.24, 2.45) is 11.7 Å². The van der Waals surface area contributed by atoms with E-state index < -0.39 is 0 Å². The van der Waals surface area contributed by atoms with Crippen molar-refractivity contribution in [2.45, 2.75) is 44.7 Å². The van der Waals surface area contributed by atoms with Crippen molar-refractivity contribution in [1.29, 1.82) is 0 Å². The Balaban J connectivity index is 1.73. The molecular formula is C16H24N2. The number of nitrogens with two attached hydrogens (primary N) is 1. The van der Waals surface area contributed by atoms with E-state index in [0.29, 0.717) is 6.04 Å². The molecule has 2 nitrogen and oxygen atoms in total. The maximum absolute atomic E-state index is 6.06. The van der Waals surface area contributed by atoms with Crippen LogP contribution in [0.15, 0.2) is 24.3 Å².